The van der Waals surface area contributed by atoms with Crippen molar-refractivity contribution in [1.29, 1.82) is 0 Å². The molecule has 0 amide bonds. The van der Waals surface area contributed by atoms with Gasteiger partial charge >= 0.3 is 0 Å². The summed E-state index contributed by atoms with van der Waals surface area (Å²) in [5.74, 6) is 0. The fourth-order valence-electron chi connectivity index (χ4n) is 3.23. The second-order valence-electron chi connectivity index (χ2n) is 5.86. The van der Waals surface area contributed by atoms with Crippen molar-refractivity contribution in [2.75, 3.05) is 0 Å². The maximum atomic E-state index is 14.0. The van der Waals surface area contributed by atoms with Crippen molar-refractivity contribution in [2.45, 2.75) is 44.7 Å². The Labute approximate surface area is 90.5 Å². The van der Waals surface area contributed by atoms with Crippen LogP contribution < -0.4 is 0 Å². The Hall–Kier alpha value is -0.850. The van der Waals surface area contributed by atoms with Gasteiger partial charge in [-0.05, 0) is 39.2 Å². The molecule has 0 radical (unpaired) electrons. The van der Waals surface area contributed by atoms with Crippen LogP contribution in [-0.2, 0) is 5.41 Å². The van der Waals surface area contributed by atoms with Crippen LogP contribution in [0.4, 0.5) is 4.39 Å². The predicted octanol–water partition coefficient (Wildman–Crippen LogP) is 3.77. The van der Waals surface area contributed by atoms with Crippen molar-refractivity contribution in [1.82, 2.24) is 0 Å². The van der Waals surface area contributed by atoms with Gasteiger partial charge < -0.3 is 0 Å². The first-order valence-electron chi connectivity index (χ1n) is 5.67. The van der Waals surface area contributed by atoms with Gasteiger partial charge in [0.15, 0.2) is 0 Å². The van der Waals surface area contributed by atoms with Gasteiger partial charge in [0.05, 0.1) is 0 Å². The van der Waals surface area contributed by atoms with E-state index in [-0.39, 0.29) is 10.8 Å². The van der Waals surface area contributed by atoms with Crippen molar-refractivity contribution in [3.8, 4) is 0 Å². The van der Waals surface area contributed by atoms with E-state index in [9.17, 15) is 4.39 Å². The Bertz CT molecular complexity index is 402. The van der Waals surface area contributed by atoms with Gasteiger partial charge in [0.25, 0.3) is 0 Å². The summed E-state index contributed by atoms with van der Waals surface area (Å²) in [5.41, 5.74) is 1.80. The van der Waals surface area contributed by atoms with Gasteiger partial charge in [0.1, 0.15) is 5.67 Å². The number of hydrogen-bond donors (Lipinski definition) is 0. The fourth-order valence-corrected chi connectivity index (χ4v) is 3.23. The first-order valence-corrected chi connectivity index (χ1v) is 5.67. The Balaban J connectivity index is 1.92. The Kier molecular flexibility index (Phi) is 1.43. The second-order valence-corrected chi connectivity index (χ2v) is 5.86. The second kappa shape index (κ2) is 2.28. The summed E-state index contributed by atoms with van der Waals surface area (Å²) >= 11 is 0. The highest BCUT2D eigenvalue weighted by molar-refractivity contribution is 5.53. The topological polar surface area (TPSA) is 0 Å². The molecule has 0 nitrogen and oxygen atoms in total. The van der Waals surface area contributed by atoms with Crippen molar-refractivity contribution in [2.24, 2.45) is 5.41 Å². The lowest BCUT2D eigenvalue weighted by molar-refractivity contribution is 0.145. The molecule has 15 heavy (non-hydrogen) atoms. The van der Waals surface area contributed by atoms with Crippen LogP contribution in [0.5, 0.6) is 0 Å². The minimum absolute atomic E-state index is 0.0186. The Morgan fingerprint density at radius 1 is 1.13 bits per heavy atom. The molecule has 2 fully saturated rings. The normalized spacial score (nSPS) is 37.3. The Morgan fingerprint density at radius 2 is 1.67 bits per heavy atom. The summed E-state index contributed by atoms with van der Waals surface area (Å²) in [6.07, 6.45) is 2.10. The SMILES string of the molecule is Cc1ccc(C23CC2(C(C)(C)F)C3)cc1. The van der Waals surface area contributed by atoms with Crippen LogP contribution in [-0.4, -0.2) is 5.67 Å². The predicted molar refractivity (Wildman–Crippen MR) is 59.7 cm³/mol. The van der Waals surface area contributed by atoms with Crippen LogP contribution in [0.3, 0.4) is 0 Å². The monoisotopic (exact) mass is 204 g/mol. The third-order valence-electron chi connectivity index (χ3n) is 4.62. The lowest BCUT2D eigenvalue weighted by atomic mass is 9.97. The molecule has 0 spiro atoms. The highest BCUT2D eigenvalue weighted by Gasteiger charge is 2.88. The molecule has 0 unspecified atom stereocenters. The van der Waals surface area contributed by atoms with Gasteiger partial charge in [0.2, 0.25) is 0 Å². The zero-order valence-electron chi connectivity index (χ0n) is 9.60. The average Bonchev–Trinajstić information content (AvgIpc) is 2.88. The van der Waals surface area contributed by atoms with E-state index in [1.54, 1.807) is 13.8 Å². The van der Waals surface area contributed by atoms with E-state index in [1.807, 2.05) is 0 Å². The van der Waals surface area contributed by atoms with Gasteiger partial charge in [-0.25, -0.2) is 4.39 Å². The number of benzene rings is 1. The van der Waals surface area contributed by atoms with E-state index in [1.165, 1.54) is 11.1 Å². The maximum absolute atomic E-state index is 14.0. The number of alkyl halides is 1. The van der Waals surface area contributed by atoms with Gasteiger partial charge in [-0.15, -0.1) is 0 Å². The number of halogens is 1. The average molecular weight is 204 g/mol. The van der Waals surface area contributed by atoms with Crippen LogP contribution in [0.1, 0.15) is 37.8 Å². The largest absolute Gasteiger partial charge is 0.244 e. The molecular formula is C14H17F. The maximum Gasteiger partial charge on any atom is 0.112 e. The van der Waals surface area contributed by atoms with E-state index >= 15 is 0 Å². The van der Waals surface area contributed by atoms with Crippen molar-refractivity contribution < 1.29 is 4.39 Å². The molecule has 0 N–H and O–H groups in total. The molecule has 2 aliphatic carbocycles. The fraction of sp³-hybridized carbons (Fsp3) is 0.571. The highest BCUT2D eigenvalue weighted by Crippen LogP contribution is 2.90. The van der Waals surface area contributed by atoms with E-state index in [4.69, 9.17) is 0 Å². The van der Waals surface area contributed by atoms with Gasteiger partial charge in [-0.1, -0.05) is 29.8 Å². The summed E-state index contributed by atoms with van der Waals surface area (Å²) in [4.78, 5) is 0. The van der Waals surface area contributed by atoms with Gasteiger partial charge in [-0.2, -0.15) is 0 Å². The van der Waals surface area contributed by atoms with Crippen molar-refractivity contribution in [3.05, 3.63) is 35.4 Å². The molecule has 0 heterocycles. The van der Waals surface area contributed by atoms with Crippen LogP contribution in [0.15, 0.2) is 24.3 Å². The smallest absolute Gasteiger partial charge is 0.112 e. The minimum Gasteiger partial charge on any atom is -0.244 e. The standard InChI is InChI=1S/C14H17F/c1-10-4-6-11(7-5-10)13-8-14(13,9-13)12(2,3)15/h4-7H,8-9H2,1-3H3. The number of hydrogen-bond acceptors (Lipinski definition) is 0. The van der Waals surface area contributed by atoms with Gasteiger partial charge in [0, 0.05) is 10.8 Å². The molecule has 0 bridgehead atoms. The van der Waals surface area contributed by atoms with Crippen molar-refractivity contribution in [3.63, 3.8) is 0 Å². The van der Waals surface area contributed by atoms with E-state index < -0.39 is 5.67 Å². The lowest BCUT2D eigenvalue weighted by Crippen LogP contribution is -2.20. The summed E-state index contributed by atoms with van der Waals surface area (Å²) in [6.45, 7) is 5.56. The van der Waals surface area contributed by atoms with E-state index in [0.29, 0.717) is 0 Å². The van der Waals surface area contributed by atoms with Crippen molar-refractivity contribution >= 4 is 0 Å². The molecule has 0 saturated heterocycles. The van der Waals surface area contributed by atoms with E-state index in [0.717, 1.165) is 12.8 Å². The van der Waals surface area contributed by atoms with E-state index in [2.05, 4.69) is 31.2 Å². The number of rotatable bonds is 2. The van der Waals surface area contributed by atoms with Crippen LogP contribution in [0.25, 0.3) is 0 Å². The third kappa shape index (κ3) is 0.965. The quantitative estimate of drug-likeness (QED) is 0.687. The van der Waals surface area contributed by atoms with Crippen LogP contribution in [0, 0.1) is 12.3 Å². The minimum atomic E-state index is -1.02. The highest BCUT2D eigenvalue weighted by atomic mass is 19.1. The number of fused-ring (bicyclic) bond motifs is 1. The molecule has 2 saturated carbocycles. The molecular weight excluding hydrogens is 187 g/mol. The summed E-state index contributed by atoms with van der Waals surface area (Å²) in [5, 5.41) is 0. The Morgan fingerprint density at radius 3 is 2.07 bits per heavy atom. The molecule has 1 heteroatoms. The first kappa shape index (κ1) is 9.38. The molecule has 0 aromatic heterocycles. The lowest BCUT2D eigenvalue weighted by Gasteiger charge is -2.16. The van der Waals surface area contributed by atoms with Crippen LogP contribution >= 0.6 is 0 Å². The first-order chi connectivity index (χ1) is 6.91. The zero-order valence-corrected chi connectivity index (χ0v) is 9.60. The molecule has 2 aliphatic rings. The summed E-state index contributed by atoms with van der Waals surface area (Å²) in [6, 6.07) is 8.62. The third-order valence-corrected chi connectivity index (χ3v) is 4.62. The number of aryl methyl sites for hydroxylation is 1. The summed E-state index contributed by atoms with van der Waals surface area (Å²) < 4.78 is 14.0. The van der Waals surface area contributed by atoms with Crippen LogP contribution in [0.2, 0.25) is 0 Å². The molecule has 3 rings (SSSR count). The molecule has 80 valence electrons. The molecule has 0 aliphatic heterocycles. The zero-order chi connectivity index (χ0) is 10.9. The molecule has 1 aromatic rings. The summed E-state index contributed by atoms with van der Waals surface area (Å²) in [7, 11) is 0. The molecule has 1 aromatic carbocycles. The molecule has 0 atom stereocenters. The van der Waals surface area contributed by atoms with Gasteiger partial charge in [-0.3, -0.25) is 0 Å².